The van der Waals surface area contributed by atoms with Gasteiger partial charge in [-0.25, -0.2) is 9.37 Å². The smallest absolute Gasteiger partial charge is 0.387 e. The summed E-state index contributed by atoms with van der Waals surface area (Å²) in [5.41, 5.74) is 0.422. The number of alkyl halides is 2. The van der Waals surface area contributed by atoms with Gasteiger partial charge in [-0.2, -0.15) is 8.78 Å². The van der Waals surface area contributed by atoms with Gasteiger partial charge in [0.2, 0.25) is 0 Å². The maximum absolute atomic E-state index is 13.3. The third-order valence-corrected chi connectivity index (χ3v) is 2.10. The van der Waals surface area contributed by atoms with Gasteiger partial charge in [0.15, 0.2) is 18.0 Å². The first-order valence-corrected chi connectivity index (χ1v) is 5.01. The van der Waals surface area contributed by atoms with Crippen molar-refractivity contribution in [3.63, 3.8) is 0 Å². The molecule has 0 aliphatic heterocycles. The van der Waals surface area contributed by atoms with Crippen LogP contribution in [0.1, 0.15) is 5.76 Å². The normalized spacial score (nSPS) is 10.7. The fourth-order valence-electron chi connectivity index (χ4n) is 1.32. The van der Waals surface area contributed by atoms with Crippen LogP contribution in [-0.4, -0.2) is 11.6 Å². The number of aromatic nitrogens is 1. The number of hydrogen-bond donors (Lipinski definition) is 1. The molecule has 1 heterocycles. The summed E-state index contributed by atoms with van der Waals surface area (Å²) in [5, 5.41) is 2.85. The molecule has 2 aromatic rings. The summed E-state index contributed by atoms with van der Waals surface area (Å²) in [6, 6.07) is 3.62. The molecule has 0 unspecified atom stereocenters. The zero-order valence-corrected chi connectivity index (χ0v) is 9.07. The SMILES string of the molecule is Fc1cc(NCc2cnco2)ccc1OC(F)F. The first-order chi connectivity index (χ1) is 8.65. The lowest BCUT2D eigenvalue weighted by molar-refractivity contribution is -0.0521. The van der Waals surface area contributed by atoms with Crippen molar-refractivity contribution in [3.05, 3.63) is 42.4 Å². The molecule has 96 valence electrons. The molecule has 2 rings (SSSR count). The third kappa shape index (κ3) is 3.16. The summed E-state index contributed by atoms with van der Waals surface area (Å²) in [5.74, 6) is -0.781. The lowest BCUT2D eigenvalue weighted by Crippen LogP contribution is -2.04. The van der Waals surface area contributed by atoms with Crippen LogP contribution in [0.4, 0.5) is 18.9 Å². The second-order valence-corrected chi connectivity index (χ2v) is 3.35. The average Bonchev–Trinajstić information content (AvgIpc) is 2.82. The summed E-state index contributed by atoms with van der Waals surface area (Å²) in [7, 11) is 0. The molecule has 0 aliphatic carbocycles. The molecule has 0 saturated heterocycles. The quantitative estimate of drug-likeness (QED) is 0.895. The Morgan fingerprint density at radius 1 is 1.39 bits per heavy atom. The Morgan fingerprint density at radius 2 is 2.22 bits per heavy atom. The number of rotatable bonds is 5. The zero-order valence-electron chi connectivity index (χ0n) is 9.07. The van der Waals surface area contributed by atoms with Crippen molar-refractivity contribution in [1.82, 2.24) is 4.98 Å². The van der Waals surface area contributed by atoms with Crippen LogP contribution in [0.15, 0.2) is 35.2 Å². The topological polar surface area (TPSA) is 47.3 Å². The number of nitrogens with one attached hydrogen (secondary N) is 1. The molecule has 0 bridgehead atoms. The van der Waals surface area contributed by atoms with Crippen molar-refractivity contribution in [2.75, 3.05) is 5.32 Å². The van der Waals surface area contributed by atoms with Gasteiger partial charge in [0.25, 0.3) is 0 Å². The first kappa shape index (κ1) is 12.3. The van der Waals surface area contributed by atoms with Crippen LogP contribution in [0.5, 0.6) is 5.75 Å². The first-order valence-electron chi connectivity index (χ1n) is 5.01. The van der Waals surface area contributed by atoms with Gasteiger partial charge in [0.1, 0.15) is 5.76 Å². The van der Waals surface area contributed by atoms with Gasteiger partial charge in [-0.15, -0.1) is 0 Å². The monoisotopic (exact) mass is 258 g/mol. The van der Waals surface area contributed by atoms with Crippen LogP contribution < -0.4 is 10.1 Å². The molecule has 4 nitrogen and oxygen atoms in total. The van der Waals surface area contributed by atoms with Crippen molar-refractivity contribution < 1.29 is 22.3 Å². The molecule has 0 saturated carbocycles. The Morgan fingerprint density at radius 3 is 2.83 bits per heavy atom. The van der Waals surface area contributed by atoms with Gasteiger partial charge in [-0.1, -0.05) is 0 Å². The van der Waals surface area contributed by atoms with Gasteiger partial charge < -0.3 is 14.5 Å². The predicted octanol–water partition coefficient (Wildman–Crippen LogP) is 3.03. The summed E-state index contributed by atoms with van der Waals surface area (Å²) in [6.45, 7) is -2.73. The average molecular weight is 258 g/mol. The predicted molar refractivity (Wildman–Crippen MR) is 56.9 cm³/mol. The highest BCUT2D eigenvalue weighted by Gasteiger charge is 2.10. The second-order valence-electron chi connectivity index (χ2n) is 3.35. The third-order valence-electron chi connectivity index (χ3n) is 2.10. The van der Waals surface area contributed by atoms with E-state index >= 15 is 0 Å². The Bertz CT molecular complexity index is 503. The van der Waals surface area contributed by atoms with Crippen molar-refractivity contribution in [3.8, 4) is 5.75 Å². The summed E-state index contributed by atoms with van der Waals surface area (Å²) in [4.78, 5) is 3.71. The van der Waals surface area contributed by atoms with E-state index in [4.69, 9.17) is 4.42 Å². The van der Waals surface area contributed by atoms with E-state index < -0.39 is 18.2 Å². The molecule has 0 spiro atoms. The fraction of sp³-hybridized carbons (Fsp3) is 0.182. The molecule has 1 aromatic carbocycles. The van der Waals surface area contributed by atoms with Crippen molar-refractivity contribution >= 4 is 5.69 Å². The Kier molecular flexibility index (Phi) is 3.71. The van der Waals surface area contributed by atoms with E-state index in [-0.39, 0.29) is 0 Å². The summed E-state index contributed by atoms with van der Waals surface area (Å²) < 4.78 is 46.1. The number of benzene rings is 1. The van der Waals surface area contributed by atoms with Gasteiger partial charge in [0.05, 0.1) is 12.7 Å². The molecular weight excluding hydrogens is 249 g/mol. The van der Waals surface area contributed by atoms with E-state index in [2.05, 4.69) is 15.0 Å². The van der Waals surface area contributed by atoms with Crippen molar-refractivity contribution in [2.45, 2.75) is 13.2 Å². The van der Waals surface area contributed by atoms with E-state index in [0.29, 0.717) is 18.0 Å². The largest absolute Gasteiger partial charge is 0.447 e. The van der Waals surface area contributed by atoms with Gasteiger partial charge in [-0.3, -0.25) is 0 Å². The van der Waals surface area contributed by atoms with Gasteiger partial charge in [-0.05, 0) is 12.1 Å². The van der Waals surface area contributed by atoms with Crippen LogP contribution in [0, 0.1) is 5.82 Å². The van der Waals surface area contributed by atoms with Crippen LogP contribution in [0.25, 0.3) is 0 Å². The van der Waals surface area contributed by atoms with E-state index in [1.807, 2.05) is 0 Å². The number of oxazole rings is 1. The highest BCUT2D eigenvalue weighted by atomic mass is 19.3. The van der Waals surface area contributed by atoms with Gasteiger partial charge >= 0.3 is 6.61 Å². The molecule has 0 radical (unpaired) electrons. The van der Waals surface area contributed by atoms with Crippen LogP contribution in [0.3, 0.4) is 0 Å². The molecule has 18 heavy (non-hydrogen) atoms. The molecule has 1 N–H and O–H groups in total. The Hall–Kier alpha value is -2.18. The molecular formula is C11H9F3N2O2. The standard InChI is InChI=1S/C11H9F3N2O2/c12-9-3-7(1-2-10(9)18-11(13)14)16-5-8-4-15-6-17-8/h1-4,6,11,16H,5H2. The molecule has 1 aromatic heterocycles. The maximum Gasteiger partial charge on any atom is 0.387 e. The Labute approximate surface area is 100 Å². The number of ether oxygens (including phenoxy) is 1. The van der Waals surface area contributed by atoms with E-state index in [1.165, 1.54) is 18.7 Å². The number of nitrogens with zero attached hydrogens (tertiary/aromatic N) is 1. The van der Waals surface area contributed by atoms with Crippen LogP contribution in [0.2, 0.25) is 0 Å². The Balaban J connectivity index is 2.00. The number of halogens is 3. The fourth-order valence-corrected chi connectivity index (χ4v) is 1.32. The van der Waals surface area contributed by atoms with Gasteiger partial charge in [0, 0.05) is 11.8 Å². The lowest BCUT2D eigenvalue weighted by Gasteiger charge is -2.08. The molecule has 0 amide bonds. The number of anilines is 1. The molecule has 7 heteroatoms. The summed E-state index contributed by atoms with van der Waals surface area (Å²) >= 11 is 0. The number of hydrogen-bond acceptors (Lipinski definition) is 4. The molecule has 0 atom stereocenters. The second kappa shape index (κ2) is 5.44. The maximum atomic E-state index is 13.3. The van der Waals surface area contributed by atoms with E-state index in [9.17, 15) is 13.2 Å². The minimum absolute atomic E-state index is 0.314. The zero-order chi connectivity index (χ0) is 13.0. The minimum atomic E-state index is -3.05. The summed E-state index contributed by atoms with van der Waals surface area (Å²) in [6.07, 6.45) is 2.79. The van der Waals surface area contributed by atoms with Crippen LogP contribution >= 0.6 is 0 Å². The minimum Gasteiger partial charge on any atom is -0.447 e. The van der Waals surface area contributed by atoms with Crippen molar-refractivity contribution in [2.24, 2.45) is 0 Å². The highest BCUT2D eigenvalue weighted by molar-refractivity contribution is 5.47. The van der Waals surface area contributed by atoms with Crippen LogP contribution in [-0.2, 0) is 6.54 Å². The van der Waals surface area contributed by atoms with Crippen molar-refractivity contribution in [1.29, 1.82) is 0 Å². The molecule has 0 aliphatic rings. The lowest BCUT2D eigenvalue weighted by atomic mass is 10.3. The van der Waals surface area contributed by atoms with E-state index in [1.54, 1.807) is 0 Å². The molecule has 0 fully saturated rings. The van der Waals surface area contributed by atoms with E-state index in [0.717, 1.165) is 12.1 Å². The highest BCUT2D eigenvalue weighted by Crippen LogP contribution is 2.23.